The Labute approximate surface area is 107 Å². The normalized spacial score (nSPS) is 11.0. The third kappa shape index (κ3) is 1.80. The van der Waals surface area contributed by atoms with E-state index in [0.717, 1.165) is 0 Å². The predicted molar refractivity (Wildman–Crippen MR) is 68.8 cm³/mol. The Morgan fingerprint density at radius 1 is 1.17 bits per heavy atom. The van der Waals surface area contributed by atoms with E-state index in [1.54, 1.807) is 24.3 Å². The average molecular weight is 263 g/mol. The first-order chi connectivity index (χ1) is 8.63. The van der Waals surface area contributed by atoms with E-state index in [2.05, 4.69) is 4.98 Å². The number of halogens is 2. The van der Waals surface area contributed by atoms with E-state index in [9.17, 15) is 4.39 Å². The molecule has 0 aliphatic carbocycles. The van der Waals surface area contributed by atoms with E-state index in [1.807, 2.05) is 0 Å². The zero-order valence-corrected chi connectivity index (χ0v) is 9.91. The van der Waals surface area contributed by atoms with Gasteiger partial charge in [-0.05, 0) is 30.3 Å². The van der Waals surface area contributed by atoms with E-state index in [-0.39, 0.29) is 5.82 Å². The number of nitrogens with two attached hydrogens (primary N) is 1. The molecule has 0 bridgehead atoms. The van der Waals surface area contributed by atoms with E-state index in [1.165, 1.54) is 12.1 Å². The summed E-state index contributed by atoms with van der Waals surface area (Å²) >= 11 is 5.91. The van der Waals surface area contributed by atoms with Crippen molar-refractivity contribution in [3.8, 4) is 11.5 Å². The number of hydrogen-bond acceptors (Lipinski definition) is 3. The highest BCUT2D eigenvalue weighted by Gasteiger charge is 2.12. The Balaban J connectivity index is 2.22. The third-order valence-electron chi connectivity index (χ3n) is 2.60. The topological polar surface area (TPSA) is 52.0 Å². The molecule has 1 heterocycles. The predicted octanol–water partition coefficient (Wildman–Crippen LogP) is 3.87. The van der Waals surface area contributed by atoms with Crippen LogP contribution in [0.5, 0.6) is 0 Å². The molecule has 0 aliphatic rings. The Bertz CT molecular complexity index is 739. The lowest BCUT2D eigenvalue weighted by Gasteiger charge is -2.00. The second kappa shape index (κ2) is 3.99. The van der Waals surface area contributed by atoms with E-state index in [0.29, 0.717) is 33.3 Å². The van der Waals surface area contributed by atoms with Crippen molar-refractivity contribution in [3.05, 3.63) is 47.2 Å². The van der Waals surface area contributed by atoms with Crippen molar-refractivity contribution in [1.29, 1.82) is 0 Å². The van der Waals surface area contributed by atoms with Crippen LogP contribution in [0, 0.1) is 5.82 Å². The lowest BCUT2D eigenvalue weighted by molar-refractivity contribution is 0.602. The van der Waals surface area contributed by atoms with Crippen molar-refractivity contribution < 1.29 is 8.81 Å². The van der Waals surface area contributed by atoms with Crippen LogP contribution in [-0.2, 0) is 0 Å². The van der Waals surface area contributed by atoms with E-state index < -0.39 is 0 Å². The van der Waals surface area contributed by atoms with Crippen LogP contribution < -0.4 is 5.73 Å². The minimum Gasteiger partial charge on any atom is -0.436 e. The molecule has 18 heavy (non-hydrogen) atoms. The van der Waals surface area contributed by atoms with E-state index >= 15 is 0 Å². The van der Waals surface area contributed by atoms with Crippen LogP contribution in [0.3, 0.4) is 0 Å². The summed E-state index contributed by atoms with van der Waals surface area (Å²) < 4.78 is 18.5. The zero-order chi connectivity index (χ0) is 12.7. The molecule has 2 aromatic carbocycles. The summed E-state index contributed by atoms with van der Waals surface area (Å²) in [4.78, 5) is 4.25. The molecule has 90 valence electrons. The number of hydrogen-bond donors (Lipinski definition) is 1. The van der Waals surface area contributed by atoms with Crippen LogP contribution in [0.1, 0.15) is 0 Å². The van der Waals surface area contributed by atoms with Crippen molar-refractivity contribution in [3.63, 3.8) is 0 Å². The first-order valence-electron chi connectivity index (χ1n) is 5.25. The fourth-order valence-corrected chi connectivity index (χ4v) is 1.90. The molecule has 0 radical (unpaired) electrons. The maximum Gasteiger partial charge on any atom is 0.229 e. The fraction of sp³-hybridized carbons (Fsp3) is 0. The van der Waals surface area contributed by atoms with Crippen LogP contribution in [-0.4, -0.2) is 4.98 Å². The van der Waals surface area contributed by atoms with Gasteiger partial charge in [0.05, 0.1) is 5.56 Å². The van der Waals surface area contributed by atoms with Gasteiger partial charge in [0.15, 0.2) is 5.58 Å². The number of benzene rings is 2. The monoisotopic (exact) mass is 262 g/mol. The van der Waals surface area contributed by atoms with E-state index in [4.69, 9.17) is 21.8 Å². The summed E-state index contributed by atoms with van der Waals surface area (Å²) in [5, 5.41) is 0.535. The molecule has 0 spiro atoms. The molecule has 2 N–H and O–H groups in total. The Kier molecular flexibility index (Phi) is 2.45. The van der Waals surface area contributed by atoms with Crippen molar-refractivity contribution in [2.45, 2.75) is 0 Å². The number of aromatic nitrogens is 1. The number of nitrogens with zero attached hydrogens (tertiary/aromatic N) is 1. The van der Waals surface area contributed by atoms with Crippen molar-refractivity contribution in [1.82, 2.24) is 4.98 Å². The molecule has 0 saturated heterocycles. The molecule has 0 amide bonds. The molecule has 1 aromatic heterocycles. The van der Waals surface area contributed by atoms with Gasteiger partial charge in [-0.25, -0.2) is 9.37 Å². The average Bonchev–Trinajstić information content (AvgIpc) is 2.74. The first kappa shape index (κ1) is 11.0. The van der Waals surface area contributed by atoms with Gasteiger partial charge in [-0.3, -0.25) is 0 Å². The van der Waals surface area contributed by atoms with Crippen LogP contribution >= 0.6 is 11.6 Å². The molecule has 0 aliphatic heterocycles. The Hall–Kier alpha value is -2.07. The summed E-state index contributed by atoms with van der Waals surface area (Å²) in [5.74, 6) is -0.0418. The standard InChI is InChI=1S/C13H8ClFN2O/c14-7-1-3-10(16)9(5-7)13-17-11-4-2-8(15)6-12(11)18-13/h1-6H,16H2. The van der Waals surface area contributed by atoms with Gasteiger partial charge in [0.1, 0.15) is 11.3 Å². The number of rotatable bonds is 1. The minimum absolute atomic E-state index is 0.329. The lowest BCUT2D eigenvalue weighted by Crippen LogP contribution is -1.89. The summed E-state index contributed by atoms with van der Waals surface area (Å²) in [6, 6.07) is 9.19. The third-order valence-corrected chi connectivity index (χ3v) is 2.83. The van der Waals surface area contributed by atoms with Gasteiger partial charge in [0.2, 0.25) is 5.89 Å². The van der Waals surface area contributed by atoms with Crippen molar-refractivity contribution in [2.75, 3.05) is 5.73 Å². The van der Waals surface area contributed by atoms with Crippen LogP contribution in [0.4, 0.5) is 10.1 Å². The minimum atomic E-state index is -0.371. The summed E-state index contributed by atoms with van der Waals surface area (Å²) in [5.41, 5.74) is 7.90. The fourth-order valence-electron chi connectivity index (χ4n) is 1.73. The summed E-state index contributed by atoms with van der Waals surface area (Å²) in [7, 11) is 0. The quantitative estimate of drug-likeness (QED) is 0.677. The highest BCUT2D eigenvalue weighted by atomic mass is 35.5. The molecular formula is C13H8ClFN2O. The van der Waals surface area contributed by atoms with Gasteiger partial charge in [-0.1, -0.05) is 11.6 Å². The maximum atomic E-state index is 13.1. The Morgan fingerprint density at radius 2 is 2.00 bits per heavy atom. The molecule has 0 atom stereocenters. The van der Waals surface area contributed by atoms with Gasteiger partial charge in [0.25, 0.3) is 0 Å². The Morgan fingerprint density at radius 3 is 2.83 bits per heavy atom. The molecule has 0 saturated carbocycles. The molecule has 3 nitrogen and oxygen atoms in total. The summed E-state index contributed by atoms with van der Waals surface area (Å²) in [6.45, 7) is 0. The number of oxazole rings is 1. The van der Waals surface area contributed by atoms with Gasteiger partial charge >= 0.3 is 0 Å². The SMILES string of the molecule is Nc1ccc(Cl)cc1-c1nc2ccc(F)cc2o1. The second-order valence-corrected chi connectivity index (χ2v) is 4.30. The first-order valence-corrected chi connectivity index (χ1v) is 5.63. The smallest absolute Gasteiger partial charge is 0.229 e. The molecule has 0 unspecified atom stereocenters. The van der Waals surface area contributed by atoms with Gasteiger partial charge in [0, 0.05) is 16.8 Å². The van der Waals surface area contributed by atoms with Gasteiger partial charge in [-0.2, -0.15) is 0 Å². The highest BCUT2D eigenvalue weighted by Crippen LogP contribution is 2.30. The van der Waals surface area contributed by atoms with Crippen LogP contribution in [0.15, 0.2) is 40.8 Å². The molecule has 5 heteroatoms. The molecule has 3 rings (SSSR count). The zero-order valence-electron chi connectivity index (χ0n) is 9.15. The maximum absolute atomic E-state index is 13.1. The summed E-state index contributed by atoms with van der Waals surface area (Å²) in [6.07, 6.45) is 0. The highest BCUT2D eigenvalue weighted by molar-refractivity contribution is 6.31. The molecule has 3 aromatic rings. The molecular weight excluding hydrogens is 255 g/mol. The van der Waals surface area contributed by atoms with Crippen LogP contribution in [0.25, 0.3) is 22.6 Å². The lowest BCUT2D eigenvalue weighted by atomic mass is 10.2. The van der Waals surface area contributed by atoms with Gasteiger partial charge in [-0.15, -0.1) is 0 Å². The second-order valence-electron chi connectivity index (χ2n) is 3.86. The number of fused-ring (bicyclic) bond motifs is 1. The molecule has 0 fully saturated rings. The largest absolute Gasteiger partial charge is 0.436 e. The number of nitrogen functional groups attached to an aromatic ring is 1. The van der Waals surface area contributed by atoms with Gasteiger partial charge < -0.3 is 10.2 Å². The van der Waals surface area contributed by atoms with Crippen molar-refractivity contribution in [2.24, 2.45) is 0 Å². The van der Waals surface area contributed by atoms with Crippen molar-refractivity contribution >= 4 is 28.4 Å². The van der Waals surface area contributed by atoms with Crippen LogP contribution in [0.2, 0.25) is 5.02 Å². The number of anilines is 1.